The average molecular weight is 298 g/mol. The zero-order valence-electron chi connectivity index (χ0n) is 12.5. The Labute approximate surface area is 124 Å². The van der Waals surface area contributed by atoms with E-state index in [1.54, 1.807) is 12.1 Å². The third kappa shape index (κ3) is 2.96. The summed E-state index contributed by atoms with van der Waals surface area (Å²) >= 11 is 5.86. The molecule has 0 atom stereocenters. The quantitative estimate of drug-likeness (QED) is 0.790. The number of hydrogen-bond acceptors (Lipinski definition) is 2. The van der Waals surface area contributed by atoms with Gasteiger partial charge in [-0.1, -0.05) is 0 Å². The SMILES string of the molecule is CN(C)C(C)(C)Cn1c(CCCl)nc2ccc(F)cc21. The normalized spacial score (nSPS) is 12.6. The van der Waals surface area contributed by atoms with E-state index in [9.17, 15) is 4.39 Å². The molecule has 2 aromatic rings. The fourth-order valence-corrected chi connectivity index (χ4v) is 2.29. The van der Waals surface area contributed by atoms with Crippen molar-refractivity contribution in [3.63, 3.8) is 0 Å². The number of likely N-dealkylation sites (N-methyl/N-ethyl adjacent to an activating group) is 1. The molecule has 1 aromatic carbocycles. The highest BCUT2D eigenvalue weighted by molar-refractivity contribution is 6.17. The monoisotopic (exact) mass is 297 g/mol. The number of rotatable bonds is 5. The Morgan fingerprint density at radius 3 is 2.65 bits per heavy atom. The summed E-state index contributed by atoms with van der Waals surface area (Å²) < 4.78 is 15.6. The zero-order chi connectivity index (χ0) is 14.9. The summed E-state index contributed by atoms with van der Waals surface area (Å²) in [7, 11) is 4.09. The minimum atomic E-state index is -0.237. The number of benzene rings is 1. The number of halogens is 2. The molecule has 0 radical (unpaired) electrons. The van der Waals surface area contributed by atoms with Gasteiger partial charge in [-0.15, -0.1) is 11.6 Å². The lowest BCUT2D eigenvalue weighted by atomic mass is 10.0. The highest BCUT2D eigenvalue weighted by Gasteiger charge is 2.24. The van der Waals surface area contributed by atoms with Crippen LogP contribution in [0.25, 0.3) is 11.0 Å². The Kier molecular flexibility index (Phi) is 4.35. The van der Waals surface area contributed by atoms with Gasteiger partial charge in [-0.2, -0.15) is 0 Å². The van der Waals surface area contributed by atoms with Crippen molar-refractivity contribution in [2.75, 3.05) is 20.0 Å². The van der Waals surface area contributed by atoms with Crippen LogP contribution in [0.2, 0.25) is 0 Å². The molecule has 0 saturated carbocycles. The highest BCUT2D eigenvalue weighted by Crippen LogP contribution is 2.22. The predicted octanol–water partition coefficient (Wildman–Crippen LogP) is 3.30. The molecule has 0 amide bonds. The smallest absolute Gasteiger partial charge is 0.125 e. The molecule has 0 aliphatic heterocycles. The topological polar surface area (TPSA) is 21.1 Å². The van der Waals surface area contributed by atoms with E-state index in [1.165, 1.54) is 6.07 Å². The van der Waals surface area contributed by atoms with Crippen molar-refractivity contribution in [1.29, 1.82) is 0 Å². The van der Waals surface area contributed by atoms with Gasteiger partial charge < -0.3 is 9.47 Å². The molecule has 1 heterocycles. The van der Waals surface area contributed by atoms with E-state index in [-0.39, 0.29) is 11.4 Å². The van der Waals surface area contributed by atoms with Crippen LogP contribution in [-0.2, 0) is 13.0 Å². The van der Waals surface area contributed by atoms with Crippen molar-refractivity contribution in [3.05, 3.63) is 29.8 Å². The van der Waals surface area contributed by atoms with Crippen LogP contribution in [0.4, 0.5) is 4.39 Å². The zero-order valence-corrected chi connectivity index (χ0v) is 13.2. The largest absolute Gasteiger partial charge is 0.326 e. The van der Waals surface area contributed by atoms with Crippen molar-refractivity contribution in [2.45, 2.75) is 32.4 Å². The summed E-state index contributed by atoms with van der Waals surface area (Å²) in [4.78, 5) is 6.74. The molecule has 0 aliphatic rings. The van der Waals surface area contributed by atoms with E-state index in [0.29, 0.717) is 12.3 Å². The van der Waals surface area contributed by atoms with Crippen LogP contribution in [0, 0.1) is 5.82 Å². The van der Waals surface area contributed by atoms with Crippen LogP contribution >= 0.6 is 11.6 Å². The number of alkyl halides is 1. The first-order valence-corrected chi connectivity index (χ1v) is 7.26. The van der Waals surface area contributed by atoms with Gasteiger partial charge in [-0.05, 0) is 46.1 Å². The van der Waals surface area contributed by atoms with Gasteiger partial charge in [0, 0.05) is 24.4 Å². The van der Waals surface area contributed by atoms with E-state index in [0.717, 1.165) is 23.4 Å². The molecule has 0 saturated heterocycles. The van der Waals surface area contributed by atoms with Gasteiger partial charge in [-0.3, -0.25) is 0 Å². The lowest BCUT2D eigenvalue weighted by Gasteiger charge is -2.33. The van der Waals surface area contributed by atoms with Crippen LogP contribution in [0.15, 0.2) is 18.2 Å². The number of hydrogen-bond donors (Lipinski definition) is 0. The molecule has 0 aliphatic carbocycles. The standard InChI is InChI=1S/C15H21ClFN3/c1-15(2,19(3)4)10-20-13-9-11(17)5-6-12(13)18-14(20)7-8-16/h5-6,9H,7-8,10H2,1-4H3. The van der Waals surface area contributed by atoms with Gasteiger partial charge >= 0.3 is 0 Å². The molecule has 0 N–H and O–H groups in total. The Morgan fingerprint density at radius 2 is 2.05 bits per heavy atom. The average Bonchev–Trinajstić information content (AvgIpc) is 2.67. The molecule has 1 aromatic heterocycles. The minimum Gasteiger partial charge on any atom is -0.326 e. The number of aromatic nitrogens is 2. The lowest BCUT2D eigenvalue weighted by molar-refractivity contribution is 0.170. The number of nitrogens with zero attached hydrogens (tertiary/aromatic N) is 3. The van der Waals surface area contributed by atoms with Gasteiger partial charge in [0.2, 0.25) is 0 Å². The summed E-state index contributed by atoms with van der Waals surface area (Å²) in [6.45, 7) is 5.05. The third-order valence-corrected chi connectivity index (χ3v) is 4.05. The second kappa shape index (κ2) is 5.70. The summed E-state index contributed by atoms with van der Waals surface area (Å²) in [5.41, 5.74) is 1.60. The Hall–Kier alpha value is -1.13. The molecule has 0 fully saturated rings. The van der Waals surface area contributed by atoms with Gasteiger partial charge in [-0.25, -0.2) is 9.37 Å². The van der Waals surface area contributed by atoms with Crippen molar-refractivity contribution >= 4 is 22.6 Å². The Morgan fingerprint density at radius 1 is 1.35 bits per heavy atom. The van der Waals surface area contributed by atoms with E-state index in [2.05, 4.69) is 28.3 Å². The Bertz CT molecular complexity index is 604. The van der Waals surface area contributed by atoms with Crippen molar-refractivity contribution < 1.29 is 4.39 Å². The second-order valence-electron chi connectivity index (χ2n) is 5.89. The molecular formula is C15H21ClFN3. The fourth-order valence-electron chi connectivity index (χ4n) is 2.13. The highest BCUT2D eigenvalue weighted by atomic mass is 35.5. The van der Waals surface area contributed by atoms with Crippen LogP contribution in [0.3, 0.4) is 0 Å². The molecule has 2 rings (SSSR count). The van der Waals surface area contributed by atoms with Crippen LogP contribution < -0.4 is 0 Å². The molecule has 5 heteroatoms. The van der Waals surface area contributed by atoms with Gasteiger partial charge in [0.1, 0.15) is 11.6 Å². The first kappa shape index (κ1) is 15.3. The summed E-state index contributed by atoms with van der Waals surface area (Å²) in [5, 5.41) is 0. The van der Waals surface area contributed by atoms with Crippen molar-refractivity contribution in [1.82, 2.24) is 14.5 Å². The van der Waals surface area contributed by atoms with Crippen LogP contribution in [-0.4, -0.2) is 40.0 Å². The van der Waals surface area contributed by atoms with E-state index in [1.807, 2.05) is 14.1 Å². The summed E-state index contributed by atoms with van der Waals surface area (Å²) in [6.07, 6.45) is 0.682. The fraction of sp³-hybridized carbons (Fsp3) is 0.533. The minimum absolute atomic E-state index is 0.0546. The number of fused-ring (bicyclic) bond motifs is 1. The van der Waals surface area contributed by atoms with Gasteiger partial charge in [0.15, 0.2) is 0 Å². The van der Waals surface area contributed by atoms with Crippen molar-refractivity contribution in [3.8, 4) is 0 Å². The maximum absolute atomic E-state index is 13.5. The summed E-state index contributed by atoms with van der Waals surface area (Å²) in [5.74, 6) is 1.18. The molecule has 0 unspecified atom stereocenters. The maximum atomic E-state index is 13.5. The lowest BCUT2D eigenvalue weighted by Crippen LogP contribution is -2.42. The van der Waals surface area contributed by atoms with E-state index >= 15 is 0 Å². The molecule has 0 spiro atoms. The molecule has 110 valence electrons. The molecule has 3 nitrogen and oxygen atoms in total. The van der Waals surface area contributed by atoms with Crippen LogP contribution in [0.1, 0.15) is 19.7 Å². The van der Waals surface area contributed by atoms with Gasteiger partial charge in [0.05, 0.1) is 11.0 Å². The maximum Gasteiger partial charge on any atom is 0.125 e. The van der Waals surface area contributed by atoms with Crippen molar-refractivity contribution in [2.24, 2.45) is 0 Å². The number of aryl methyl sites for hydroxylation is 1. The number of imidazole rings is 1. The second-order valence-corrected chi connectivity index (χ2v) is 6.27. The van der Waals surface area contributed by atoms with E-state index in [4.69, 9.17) is 11.6 Å². The third-order valence-electron chi connectivity index (χ3n) is 3.86. The first-order valence-electron chi connectivity index (χ1n) is 6.73. The molecular weight excluding hydrogens is 277 g/mol. The van der Waals surface area contributed by atoms with Gasteiger partial charge in [0.25, 0.3) is 0 Å². The van der Waals surface area contributed by atoms with Crippen LogP contribution in [0.5, 0.6) is 0 Å². The van der Waals surface area contributed by atoms with E-state index < -0.39 is 0 Å². The molecule has 20 heavy (non-hydrogen) atoms. The first-order chi connectivity index (χ1) is 9.35. The Balaban J connectivity index is 2.53. The summed E-state index contributed by atoms with van der Waals surface area (Å²) in [6, 6.07) is 4.72. The predicted molar refractivity (Wildman–Crippen MR) is 81.9 cm³/mol. The molecule has 0 bridgehead atoms.